The molecule has 0 amide bonds. The highest BCUT2D eigenvalue weighted by Gasteiger charge is 2.46. The van der Waals surface area contributed by atoms with Crippen LogP contribution in [-0.2, 0) is 5.41 Å². The fraction of sp³-hybridized carbons (Fsp3) is 0.0588. The average Bonchev–Trinajstić information content (AvgIpc) is 3.75. The lowest BCUT2D eigenvalue weighted by Crippen LogP contribution is -2.28. The van der Waals surface area contributed by atoms with Crippen molar-refractivity contribution in [2.24, 2.45) is 0 Å². The maximum absolute atomic E-state index is 6.33. The Morgan fingerprint density at radius 3 is 1.65 bits per heavy atom. The Labute approximate surface area is 304 Å². The van der Waals surface area contributed by atoms with Crippen molar-refractivity contribution in [3.05, 3.63) is 228 Å². The Balaban J connectivity index is 0.991. The van der Waals surface area contributed by atoms with E-state index in [9.17, 15) is 0 Å². The highest BCUT2D eigenvalue weighted by Crippen LogP contribution is 2.56. The second kappa shape index (κ2) is 12.1. The third-order valence-electron chi connectivity index (χ3n) is 11.3. The maximum atomic E-state index is 6.33. The first-order valence-corrected chi connectivity index (χ1v) is 18.2. The first-order chi connectivity index (χ1) is 25.7. The zero-order valence-electron chi connectivity index (χ0n) is 29.0. The van der Waals surface area contributed by atoms with Gasteiger partial charge in [0.05, 0.1) is 5.41 Å². The first kappa shape index (κ1) is 30.4. The van der Waals surface area contributed by atoms with Gasteiger partial charge in [0.1, 0.15) is 11.2 Å². The zero-order valence-corrected chi connectivity index (χ0v) is 29.0. The van der Waals surface area contributed by atoms with Crippen LogP contribution in [0.4, 0.5) is 0 Å². The van der Waals surface area contributed by atoms with Crippen molar-refractivity contribution in [3.63, 3.8) is 0 Å². The highest BCUT2D eigenvalue weighted by molar-refractivity contribution is 6.09. The number of hydrogen-bond acceptors (Lipinski definition) is 1. The van der Waals surface area contributed by atoms with Crippen molar-refractivity contribution in [1.29, 1.82) is 0 Å². The van der Waals surface area contributed by atoms with Crippen molar-refractivity contribution >= 4 is 21.9 Å². The summed E-state index contributed by atoms with van der Waals surface area (Å²) in [5.41, 5.74) is 16.6. The molecule has 0 radical (unpaired) electrons. The Morgan fingerprint density at radius 1 is 0.404 bits per heavy atom. The van der Waals surface area contributed by atoms with E-state index in [1.165, 1.54) is 55.6 Å². The maximum Gasteiger partial charge on any atom is 0.143 e. The Kier molecular flexibility index (Phi) is 7.08. The molecule has 0 saturated heterocycles. The van der Waals surface area contributed by atoms with Gasteiger partial charge in [0, 0.05) is 22.3 Å². The van der Waals surface area contributed by atoms with Crippen molar-refractivity contribution in [1.82, 2.24) is 0 Å². The van der Waals surface area contributed by atoms with E-state index in [4.69, 9.17) is 4.42 Å². The van der Waals surface area contributed by atoms with E-state index in [0.717, 1.165) is 33.1 Å². The minimum Gasteiger partial charge on any atom is -0.455 e. The van der Waals surface area contributed by atoms with Crippen LogP contribution in [0.3, 0.4) is 0 Å². The van der Waals surface area contributed by atoms with Crippen LogP contribution in [0.15, 0.2) is 199 Å². The van der Waals surface area contributed by atoms with Crippen molar-refractivity contribution < 1.29 is 4.42 Å². The Hall–Kier alpha value is -6.44. The molecule has 1 atom stereocenters. The molecule has 52 heavy (non-hydrogen) atoms. The van der Waals surface area contributed by atoms with Gasteiger partial charge in [-0.25, -0.2) is 0 Å². The third-order valence-corrected chi connectivity index (χ3v) is 11.3. The van der Waals surface area contributed by atoms with E-state index in [0.29, 0.717) is 0 Å². The van der Waals surface area contributed by atoms with Gasteiger partial charge in [-0.3, -0.25) is 0 Å². The number of fused-ring (bicyclic) bond motifs is 6. The first-order valence-electron chi connectivity index (χ1n) is 18.2. The summed E-state index contributed by atoms with van der Waals surface area (Å²) in [5.74, 6) is 0.253. The molecule has 246 valence electrons. The van der Waals surface area contributed by atoms with Crippen LogP contribution in [0, 0.1) is 0 Å². The summed E-state index contributed by atoms with van der Waals surface area (Å²) >= 11 is 0. The standard InChI is InChI=1S/C51H36O/c1-34(36-25-29-38(30-26-36)42-19-12-20-46-45-18-9-11-22-49(45)52-50(42)46)35-23-27-37(28-24-35)39-31-32-44-43-17-8-10-21-47(43)51(48(44)33-39,40-13-4-2-5-14-40)41-15-6-3-7-16-41/h2-34H,1H3. The summed E-state index contributed by atoms with van der Waals surface area (Å²) in [6.45, 7) is 2.30. The molecule has 1 heterocycles. The van der Waals surface area contributed by atoms with E-state index in [1.807, 2.05) is 12.1 Å². The summed E-state index contributed by atoms with van der Waals surface area (Å²) in [5, 5.41) is 2.31. The zero-order chi connectivity index (χ0) is 34.6. The Morgan fingerprint density at radius 2 is 0.942 bits per heavy atom. The number of furan rings is 1. The molecule has 0 bridgehead atoms. The SMILES string of the molecule is CC(c1ccc(-c2ccc3c(c2)C(c2ccccc2)(c2ccccc2)c2ccccc2-3)cc1)c1ccc(-c2cccc3c2oc2ccccc23)cc1. The molecule has 0 N–H and O–H groups in total. The predicted molar refractivity (Wildman–Crippen MR) is 216 cm³/mol. The monoisotopic (exact) mass is 664 g/mol. The molecule has 1 aliphatic rings. The summed E-state index contributed by atoms with van der Waals surface area (Å²) < 4.78 is 6.33. The van der Waals surface area contributed by atoms with Crippen molar-refractivity contribution in [2.45, 2.75) is 18.3 Å². The lowest BCUT2D eigenvalue weighted by molar-refractivity contribution is 0.670. The second-order valence-electron chi connectivity index (χ2n) is 14.0. The molecule has 10 rings (SSSR count). The molecule has 1 heteroatoms. The van der Waals surface area contributed by atoms with E-state index in [2.05, 4.69) is 189 Å². The smallest absolute Gasteiger partial charge is 0.143 e. The average molecular weight is 665 g/mol. The highest BCUT2D eigenvalue weighted by atomic mass is 16.3. The van der Waals surface area contributed by atoms with E-state index in [-0.39, 0.29) is 5.92 Å². The second-order valence-corrected chi connectivity index (χ2v) is 14.0. The lowest BCUT2D eigenvalue weighted by atomic mass is 9.67. The third kappa shape index (κ3) is 4.63. The number of hydrogen-bond donors (Lipinski definition) is 0. The minimum absolute atomic E-state index is 0.253. The molecule has 0 saturated carbocycles. The minimum atomic E-state index is -0.402. The van der Waals surface area contributed by atoms with Gasteiger partial charge in [-0.1, -0.05) is 189 Å². The molecular weight excluding hydrogens is 629 g/mol. The molecule has 0 spiro atoms. The molecule has 1 unspecified atom stereocenters. The van der Waals surface area contributed by atoms with E-state index in [1.54, 1.807) is 0 Å². The van der Waals surface area contributed by atoms with Crippen molar-refractivity contribution in [2.75, 3.05) is 0 Å². The number of rotatable bonds is 6. The van der Waals surface area contributed by atoms with Crippen LogP contribution in [0.2, 0.25) is 0 Å². The van der Waals surface area contributed by atoms with Crippen LogP contribution < -0.4 is 0 Å². The van der Waals surface area contributed by atoms with E-state index >= 15 is 0 Å². The van der Waals surface area contributed by atoms with Gasteiger partial charge in [0.15, 0.2) is 0 Å². The van der Waals surface area contributed by atoms with Crippen molar-refractivity contribution in [3.8, 4) is 33.4 Å². The van der Waals surface area contributed by atoms with Gasteiger partial charge in [-0.15, -0.1) is 0 Å². The molecule has 0 aliphatic heterocycles. The normalized spacial score (nSPS) is 13.6. The summed E-state index contributed by atoms with van der Waals surface area (Å²) in [6, 6.07) is 70.9. The fourth-order valence-electron chi connectivity index (χ4n) is 8.71. The van der Waals surface area contributed by atoms with Crippen LogP contribution in [0.25, 0.3) is 55.3 Å². The molecule has 9 aromatic rings. The summed E-state index contributed by atoms with van der Waals surface area (Å²) in [4.78, 5) is 0. The van der Waals surface area contributed by atoms with Gasteiger partial charge in [0.25, 0.3) is 0 Å². The van der Waals surface area contributed by atoms with Crippen LogP contribution in [-0.4, -0.2) is 0 Å². The van der Waals surface area contributed by atoms with Gasteiger partial charge >= 0.3 is 0 Å². The van der Waals surface area contributed by atoms with E-state index < -0.39 is 5.41 Å². The molecule has 1 nitrogen and oxygen atoms in total. The topological polar surface area (TPSA) is 13.1 Å². The largest absolute Gasteiger partial charge is 0.455 e. The summed E-state index contributed by atoms with van der Waals surface area (Å²) in [7, 11) is 0. The van der Waals surface area contributed by atoms with Crippen LogP contribution in [0.5, 0.6) is 0 Å². The van der Waals surface area contributed by atoms with Crippen LogP contribution >= 0.6 is 0 Å². The van der Waals surface area contributed by atoms with Gasteiger partial charge in [-0.05, 0) is 73.3 Å². The molecule has 8 aromatic carbocycles. The lowest BCUT2D eigenvalue weighted by Gasteiger charge is -2.34. The molecule has 1 aromatic heterocycles. The summed E-state index contributed by atoms with van der Waals surface area (Å²) in [6.07, 6.45) is 0. The predicted octanol–water partition coefficient (Wildman–Crippen LogP) is 13.4. The number of para-hydroxylation sites is 2. The van der Waals surface area contributed by atoms with Gasteiger partial charge in [-0.2, -0.15) is 0 Å². The van der Waals surface area contributed by atoms with Crippen LogP contribution in [0.1, 0.15) is 46.2 Å². The Bertz CT molecular complexity index is 2680. The fourth-order valence-corrected chi connectivity index (χ4v) is 8.71. The number of benzene rings is 8. The molecule has 1 aliphatic carbocycles. The molecule has 0 fully saturated rings. The molecular formula is C51H36O. The van der Waals surface area contributed by atoms with Gasteiger partial charge in [0.2, 0.25) is 0 Å². The van der Waals surface area contributed by atoms with Gasteiger partial charge < -0.3 is 4.42 Å². The quantitative estimate of drug-likeness (QED) is 0.172.